The van der Waals surface area contributed by atoms with Crippen LogP contribution in [0.4, 0.5) is 0 Å². The summed E-state index contributed by atoms with van der Waals surface area (Å²) in [5, 5.41) is 0.568. The molecule has 0 bridgehead atoms. The van der Waals surface area contributed by atoms with Gasteiger partial charge in [0.25, 0.3) is 5.56 Å². The smallest absolute Gasteiger partial charge is 0.336 e. The van der Waals surface area contributed by atoms with Gasteiger partial charge in [-0.15, -0.1) is 11.3 Å². The Kier molecular flexibility index (Phi) is 5.64. The van der Waals surface area contributed by atoms with Crippen LogP contribution in [0.25, 0.3) is 32.0 Å². The van der Waals surface area contributed by atoms with Gasteiger partial charge in [0.1, 0.15) is 10.6 Å². The summed E-state index contributed by atoms with van der Waals surface area (Å²) in [6, 6.07) is 13.9. The first-order chi connectivity index (χ1) is 17.9. The predicted molar refractivity (Wildman–Crippen MR) is 148 cm³/mol. The molecule has 3 aromatic heterocycles. The molecule has 0 amide bonds. The van der Waals surface area contributed by atoms with E-state index in [0.29, 0.717) is 27.6 Å². The van der Waals surface area contributed by atoms with Crippen molar-refractivity contribution >= 4 is 21.6 Å². The lowest BCUT2D eigenvalue weighted by atomic mass is 9.80. The molecule has 37 heavy (non-hydrogen) atoms. The maximum Gasteiger partial charge on any atom is 0.336 e. The van der Waals surface area contributed by atoms with E-state index in [1.807, 2.05) is 54.9 Å². The molecule has 7 nitrogen and oxygen atoms in total. The summed E-state index contributed by atoms with van der Waals surface area (Å²) in [5.41, 5.74) is 4.83. The van der Waals surface area contributed by atoms with Crippen LogP contribution in [0.2, 0.25) is 0 Å². The molecule has 6 rings (SSSR count). The van der Waals surface area contributed by atoms with Crippen LogP contribution in [0, 0.1) is 13.8 Å². The third kappa shape index (κ3) is 3.74. The molecule has 0 N–H and O–H groups in total. The van der Waals surface area contributed by atoms with Gasteiger partial charge in [0.05, 0.1) is 35.9 Å². The van der Waals surface area contributed by atoms with Gasteiger partial charge in [-0.1, -0.05) is 24.6 Å². The van der Waals surface area contributed by atoms with E-state index in [9.17, 15) is 9.59 Å². The number of hydrogen-bond acceptors (Lipinski definition) is 5. The van der Waals surface area contributed by atoms with E-state index in [4.69, 9.17) is 4.74 Å². The monoisotopic (exact) mass is 512 g/mol. The Labute approximate surface area is 218 Å². The van der Waals surface area contributed by atoms with Gasteiger partial charge in [-0.3, -0.25) is 9.36 Å². The largest absolute Gasteiger partial charge is 0.495 e. The van der Waals surface area contributed by atoms with E-state index in [2.05, 4.69) is 17.1 Å². The highest BCUT2D eigenvalue weighted by Gasteiger charge is 2.22. The van der Waals surface area contributed by atoms with Crippen molar-refractivity contribution in [1.29, 1.82) is 0 Å². The number of aryl methyl sites for hydroxylation is 3. The van der Waals surface area contributed by atoms with Crippen molar-refractivity contribution in [1.82, 2.24) is 18.7 Å². The van der Waals surface area contributed by atoms with Gasteiger partial charge in [-0.25, -0.2) is 14.3 Å². The van der Waals surface area contributed by atoms with Gasteiger partial charge in [-0.05, 0) is 73.6 Å². The van der Waals surface area contributed by atoms with Gasteiger partial charge in [-0.2, -0.15) is 0 Å². The first kappa shape index (κ1) is 23.5. The van der Waals surface area contributed by atoms with Crippen molar-refractivity contribution in [2.45, 2.75) is 39.0 Å². The number of benzene rings is 2. The van der Waals surface area contributed by atoms with Crippen molar-refractivity contribution in [3.8, 4) is 27.6 Å². The maximum atomic E-state index is 13.7. The van der Waals surface area contributed by atoms with E-state index in [1.54, 1.807) is 25.1 Å². The van der Waals surface area contributed by atoms with Crippen molar-refractivity contribution in [2.24, 2.45) is 7.05 Å². The minimum Gasteiger partial charge on any atom is -0.495 e. The number of aromatic nitrogens is 4. The summed E-state index contributed by atoms with van der Waals surface area (Å²) >= 11 is 1.45. The standard InChI is InChI=1S/C29H28N4O3S/c1-17-15-32(16-30-17)23-13-10-21(14-24(23)36-4)26-18(2)25-27(34)33(29(35)31(3)28(25)37-26)22-11-8-20(9-12-22)19-6-5-7-19/h8-16,19H,5-7H2,1-4H3. The Hall–Kier alpha value is -3.91. The Morgan fingerprint density at radius 2 is 1.81 bits per heavy atom. The maximum absolute atomic E-state index is 13.7. The lowest BCUT2D eigenvalue weighted by Gasteiger charge is -2.25. The third-order valence-corrected chi connectivity index (χ3v) is 8.90. The summed E-state index contributed by atoms with van der Waals surface area (Å²) in [6.45, 7) is 3.89. The molecule has 3 heterocycles. The van der Waals surface area contributed by atoms with Crippen LogP contribution in [-0.2, 0) is 7.05 Å². The number of imidazole rings is 1. The van der Waals surface area contributed by atoms with Crippen LogP contribution in [0.3, 0.4) is 0 Å². The molecule has 0 spiro atoms. The van der Waals surface area contributed by atoms with E-state index >= 15 is 0 Å². The van der Waals surface area contributed by atoms with E-state index in [-0.39, 0.29) is 11.2 Å². The fourth-order valence-electron chi connectivity index (χ4n) is 5.15. The van der Waals surface area contributed by atoms with Crippen LogP contribution in [0.1, 0.15) is 42.0 Å². The number of nitrogens with zero attached hydrogens (tertiary/aromatic N) is 4. The second-order valence-corrected chi connectivity index (χ2v) is 10.7. The first-order valence-electron chi connectivity index (χ1n) is 12.4. The van der Waals surface area contributed by atoms with Crippen molar-refractivity contribution in [2.75, 3.05) is 7.11 Å². The Morgan fingerprint density at radius 3 is 2.43 bits per heavy atom. The van der Waals surface area contributed by atoms with Crippen molar-refractivity contribution in [3.05, 3.63) is 92.6 Å². The first-order valence-corrected chi connectivity index (χ1v) is 13.2. The molecule has 0 saturated heterocycles. The molecule has 0 atom stereocenters. The summed E-state index contributed by atoms with van der Waals surface area (Å²) < 4.78 is 10.5. The van der Waals surface area contributed by atoms with Crippen molar-refractivity contribution < 1.29 is 4.74 Å². The normalized spacial score (nSPS) is 13.7. The van der Waals surface area contributed by atoms with Gasteiger partial charge < -0.3 is 9.30 Å². The molecule has 0 unspecified atom stereocenters. The number of ether oxygens (including phenoxy) is 1. The Bertz CT molecular complexity index is 1770. The molecule has 0 radical (unpaired) electrons. The molecular formula is C29H28N4O3S. The van der Waals surface area contributed by atoms with Crippen LogP contribution >= 0.6 is 11.3 Å². The van der Waals surface area contributed by atoms with Gasteiger partial charge >= 0.3 is 5.69 Å². The SMILES string of the molecule is COc1cc(-c2sc3c(c2C)c(=O)n(-c2ccc(C4CCC4)cc2)c(=O)n3C)ccc1-n1cnc(C)c1. The zero-order chi connectivity index (χ0) is 25.8. The molecule has 1 aliphatic carbocycles. The van der Waals surface area contributed by atoms with Crippen LogP contribution in [0.5, 0.6) is 5.75 Å². The van der Waals surface area contributed by atoms with Gasteiger partial charge in [0, 0.05) is 18.1 Å². The fraction of sp³-hybridized carbons (Fsp3) is 0.276. The molecule has 2 aromatic carbocycles. The quantitative estimate of drug-likeness (QED) is 0.312. The van der Waals surface area contributed by atoms with E-state index in [0.717, 1.165) is 27.4 Å². The number of thiophene rings is 1. The van der Waals surface area contributed by atoms with Crippen LogP contribution in [0.15, 0.2) is 64.6 Å². The molecule has 8 heteroatoms. The zero-order valence-corrected chi connectivity index (χ0v) is 22.1. The second kappa shape index (κ2) is 8.88. The summed E-state index contributed by atoms with van der Waals surface area (Å²) in [5.74, 6) is 1.29. The number of fused-ring (bicyclic) bond motifs is 1. The molecule has 5 aromatic rings. The summed E-state index contributed by atoms with van der Waals surface area (Å²) in [6.07, 6.45) is 7.38. The highest BCUT2D eigenvalue weighted by Crippen LogP contribution is 2.39. The minimum atomic E-state index is -0.342. The highest BCUT2D eigenvalue weighted by atomic mass is 32.1. The average molecular weight is 513 g/mol. The van der Waals surface area contributed by atoms with Gasteiger partial charge in [0.2, 0.25) is 0 Å². The molecule has 1 fully saturated rings. The van der Waals surface area contributed by atoms with Crippen LogP contribution < -0.4 is 16.0 Å². The predicted octanol–water partition coefficient (Wildman–Crippen LogP) is 5.50. The number of hydrogen-bond donors (Lipinski definition) is 0. The molecule has 188 valence electrons. The number of rotatable bonds is 5. The minimum absolute atomic E-state index is 0.285. The molecule has 1 aliphatic rings. The van der Waals surface area contributed by atoms with Crippen LogP contribution in [-0.4, -0.2) is 25.8 Å². The van der Waals surface area contributed by atoms with E-state index in [1.165, 1.54) is 40.7 Å². The average Bonchev–Trinajstić information content (AvgIpc) is 3.45. The topological polar surface area (TPSA) is 71.0 Å². The van der Waals surface area contributed by atoms with Gasteiger partial charge in [0.15, 0.2) is 0 Å². The molecule has 0 aliphatic heterocycles. The van der Waals surface area contributed by atoms with E-state index < -0.39 is 0 Å². The fourth-order valence-corrected chi connectivity index (χ4v) is 6.40. The van der Waals surface area contributed by atoms with Crippen molar-refractivity contribution in [3.63, 3.8) is 0 Å². The highest BCUT2D eigenvalue weighted by molar-refractivity contribution is 7.22. The lowest BCUT2D eigenvalue weighted by Crippen LogP contribution is -2.37. The second-order valence-electron chi connectivity index (χ2n) is 9.75. The third-order valence-electron chi connectivity index (χ3n) is 7.49. The molecule has 1 saturated carbocycles. The zero-order valence-electron chi connectivity index (χ0n) is 21.3. The summed E-state index contributed by atoms with van der Waals surface area (Å²) in [4.78, 5) is 33.0. The number of methoxy groups -OCH3 is 1. The Morgan fingerprint density at radius 1 is 1.05 bits per heavy atom. The molecular weight excluding hydrogens is 484 g/mol. The lowest BCUT2D eigenvalue weighted by molar-refractivity contribution is 0.413. The summed E-state index contributed by atoms with van der Waals surface area (Å²) in [7, 11) is 3.37. The Balaban J connectivity index is 1.48.